The number of unbranched alkanes of at least 4 members (excludes halogenated alkanes) is 1. The Kier molecular flexibility index (Phi) is 4.82. The van der Waals surface area contributed by atoms with Gasteiger partial charge < -0.3 is 0 Å². The van der Waals surface area contributed by atoms with Crippen molar-refractivity contribution in [3.63, 3.8) is 0 Å². The Bertz CT molecular complexity index is 619. The molecule has 3 nitrogen and oxygen atoms in total. The number of aryl methyl sites for hydroxylation is 1. The maximum absolute atomic E-state index is 11.2. The van der Waals surface area contributed by atoms with E-state index in [-0.39, 0.29) is 15.2 Å². The first-order valence-electron chi connectivity index (χ1n) is 7.91. The molecule has 4 heteroatoms. The first kappa shape index (κ1) is 15.5. The van der Waals surface area contributed by atoms with E-state index in [0.717, 1.165) is 30.6 Å². The molecule has 0 aliphatic carbocycles. The van der Waals surface area contributed by atoms with Gasteiger partial charge in [0, 0.05) is 0 Å². The van der Waals surface area contributed by atoms with Crippen molar-refractivity contribution in [2.24, 2.45) is 0 Å². The molecule has 2 aromatic rings. The average Bonchev–Trinajstić information content (AvgIpc) is 2.86. The number of para-hydroxylation sites is 1. The van der Waals surface area contributed by atoms with Crippen molar-refractivity contribution in [3.8, 4) is 0 Å². The fraction of sp³-hybridized carbons (Fsp3) is 0.389. The van der Waals surface area contributed by atoms with E-state index in [0.29, 0.717) is 0 Å². The molecule has 0 radical (unpaired) electrons. The summed E-state index contributed by atoms with van der Waals surface area (Å²) < 4.78 is 1.69. The molecule has 1 N–H and O–H groups in total. The van der Waals surface area contributed by atoms with Crippen LogP contribution in [-0.2, 0) is 10.9 Å². The Hall–Kier alpha value is -1.35. The number of benzene rings is 1. The normalized spacial score (nSPS) is 20.2. The molecule has 0 amide bonds. The van der Waals surface area contributed by atoms with E-state index in [9.17, 15) is 5.11 Å². The molecule has 2 heterocycles. The minimum atomic E-state index is -0.700. The van der Waals surface area contributed by atoms with Crippen LogP contribution in [-0.4, -0.2) is 31.8 Å². The van der Waals surface area contributed by atoms with Crippen LogP contribution >= 0.6 is 0 Å². The molecule has 1 atom stereocenters. The second-order valence-corrected chi connectivity index (χ2v) is 8.39. The van der Waals surface area contributed by atoms with Gasteiger partial charge >= 0.3 is 138 Å². The van der Waals surface area contributed by atoms with Crippen LogP contribution in [0.5, 0.6) is 0 Å². The van der Waals surface area contributed by atoms with Gasteiger partial charge in [0.15, 0.2) is 0 Å². The third-order valence-corrected chi connectivity index (χ3v) is 6.80. The molecule has 22 heavy (non-hydrogen) atoms. The quantitative estimate of drug-likeness (QED) is 0.804. The molecular formula is C18H22N2OSe. The molecule has 116 valence electrons. The number of aliphatic hydroxyl groups is 1. The first-order valence-corrected chi connectivity index (χ1v) is 9.53. The number of hydrogen-bond donors (Lipinski definition) is 1. The molecule has 0 bridgehead atoms. The van der Waals surface area contributed by atoms with E-state index < -0.39 is 4.50 Å². The van der Waals surface area contributed by atoms with Gasteiger partial charge in [0.25, 0.3) is 0 Å². The summed E-state index contributed by atoms with van der Waals surface area (Å²) in [5, 5.41) is 11.2. The Morgan fingerprint density at radius 2 is 2.00 bits per heavy atom. The summed E-state index contributed by atoms with van der Waals surface area (Å²) >= 11 is 0.0423. The Morgan fingerprint density at radius 3 is 2.77 bits per heavy atom. The third-order valence-electron chi connectivity index (χ3n) is 4.02. The summed E-state index contributed by atoms with van der Waals surface area (Å²) in [6, 6.07) is 14.3. The maximum atomic E-state index is 11.2. The van der Waals surface area contributed by atoms with Crippen molar-refractivity contribution in [1.29, 1.82) is 0 Å². The van der Waals surface area contributed by atoms with Crippen molar-refractivity contribution in [3.05, 3.63) is 59.9 Å². The topological polar surface area (TPSA) is 36.4 Å². The molecular weight excluding hydrogens is 339 g/mol. The standard InChI is InChI=1S/C18H22N2OSe/c1-2-3-14-20-17-10-5-4-9-16(17)18(21,22-20)12-11-15-8-6-7-13-19-15/h4-10,13,21H,2-3,11-12,14H2,1H3. The van der Waals surface area contributed by atoms with Crippen molar-refractivity contribution in [2.45, 2.75) is 37.1 Å². The second-order valence-electron chi connectivity index (χ2n) is 5.67. The van der Waals surface area contributed by atoms with Crippen LogP contribution in [0, 0.1) is 0 Å². The zero-order chi connectivity index (χ0) is 15.4. The summed E-state index contributed by atoms with van der Waals surface area (Å²) in [7, 11) is 0. The number of pyridine rings is 1. The fourth-order valence-corrected chi connectivity index (χ4v) is 5.54. The molecule has 3 rings (SSSR count). The zero-order valence-corrected chi connectivity index (χ0v) is 14.6. The Balaban J connectivity index is 1.78. The van der Waals surface area contributed by atoms with Crippen LogP contribution < -0.4 is 3.92 Å². The summed E-state index contributed by atoms with van der Waals surface area (Å²) in [5.74, 6) is 0. The van der Waals surface area contributed by atoms with E-state index in [1.54, 1.807) is 0 Å². The predicted octanol–water partition coefficient (Wildman–Crippen LogP) is 3.10. The van der Waals surface area contributed by atoms with Crippen LogP contribution in [0.2, 0.25) is 0 Å². The van der Waals surface area contributed by atoms with Gasteiger partial charge in [0.2, 0.25) is 0 Å². The van der Waals surface area contributed by atoms with Gasteiger partial charge in [-0.15, -0.1) is 0 Å². The van der Waals surface area contributed by atoms with Crippen LogP contribution in [0.25, 0.3) is 0 Å². The van der Waals surface area contributed by atoms with Gasteiger partial charge in [-0.05, 0) is 0 Å². The number of fused-ring (bicyclic) bond motifs is 1. The van der Waals surface area contributed by atoms with Crippen LogP contribution in [0.3, 0.4) is 0 Å². The number of nitrogens with zero attached hydrogens (tertiary/aromatic N) is 2. The average molecular weight is 361 g/mol. The second kappa shape index (κ2) is 6.82. The van der Waals surface area contributed by atoms with E-state index in [4.69, 9.17) is 0 Å². The van der Waals surface area contributed by atoms with E-state index in [2.05, 4.69) is 34.0 Å². The fourth-order valence-electron chi connectivity index (χ4n) is 2.79. The van der Waals surface area contributed by atoms with Gasteiger partial charge in [0.1, 0.15) is 0 Å². The first-order chi connectivity index (χ1) is 10.7. The van der Waals surface area contributed by atoms with Gasteiger partial charge in [0.05, 0.1) is 0 Å². The molecule has 0 saturated carbocycles. The SMILES string of the molecule is CCCCN1[Se]C(O)(CCc2ccccn2)c2ccccc21. The molecule has 1 aromatic heterocycles. The molecule has 1 unspecified atom stereocenters. The zero-order valence-electron chi connectivity index (χ0n) is 12.9. The van der Waals surface area contributed by atoms with Crippen LogP contribution in [0.1, 0.15) is 37.4 Å². The summed E-state index contributed by atoms with van der Waals surface area (Å²) in [6.45, 7) is 3.25. The molecule has 0 saturated heterocycles. The van der Waals surface area contributed by atoms with Crippen molar-refractivity contribution in [2.75, 3.05) is 10.5 Å². The van der Waals surface area contributed by atoms with Gasteiger partial charge in [-0.1, -0.05) is 0 Å². The monoisotopic (exact) mass is 362 g/mol. The molecule has 1 aliphatic rings. The third kappa shape index (κ3) is 3.19. The van der Waals surface area contributed by atoms with Gasteiger partial charge in [-0.25, -0.2) is 0 Å². The van der Waals surface area contributed by atoms with Crippen LogP contribution in [0.4, 0.5) is 5.69 Å². The number of anilines is 1. The predicted molar refractivity (Wildman–Crippen MR) is 90.9 cm³/mol. The van der Waals surface area contributed by atoms with Crippen molar-refractivity contribution < 1.29 is 5.11 Å². The molecule has 1 aromatic carbocycles. The van der Waals surface area contributed by atoms with Gasteiger partial charge in [-0.2, -0.15) is 0 Å². The van der Waals surface area contributed by atoms with Crippen LogP contribution in [0.15, 0.2) is 48.7 Å². The molecule has 0 spiro atoms. The minimum absolute atomic E-state index is 0.0423. The van der Waals surface area contributed by atoms with Crippen molar-refractivity contribution in [1.82, 2.24) is 4.98 Å². The molecule has 1 aliphatic heterocycles. The summed E-state index contributed by atoms with van der Waals surface area (Å²) in [5.41, 5.74) is 3.37. The van der Waals surface area contributed by atoms with Gasteiger partial charge in [-0.3, -0.25) is 0 Å². The van der Waals surface area contributed by atoms with E-state index in [1.807, 2.05) is 30.5 Å². The number of rotatable bonds is 6. The Labute approximate surface area is 138 Å². The number of aromatic nitrogens is 1. The van der Waals surface area contributed by atoms with E-state index in [1.165, 1.54) is 18.5 Å². The van der Waals surface area contributed by atoms with Crippen molar-refractivity contribution >= 4 is 20.9 Å². The molecule has 0 fully saturated rings. The number of hydrogen-bond acceptors (Lipinski definition) is 3. The summed E-state index contributed by atoms with van der Waals surface area (Å²) in [4.78, 5) is 4.38. The van der Waals surface area contributed by atoms with E-state index >= 15 is 0 Å². The summed E-state index contributed by atoms with van der Waals surface area (Å²) in [6.07, 6.45) is 5.73. The Morgan fingerprint density at radius 1 is 1.18 bits per heavy atom.